The minimum atomic E-state index is -1.04. The highest BCUT2D eigenvalue weighted by molar-refractivity contribution is 6.05. The Morgan fingerprint density at radius 1 is 1.27 bits per heavy atom. The van der Waals surface area contributed by atoms with Crippen molar-refractivity contribution in [3.63, 3.8) is 0 Å². The van der Waals surface area contributed by atoms with Gasteiger partial charge >= 0.3 is 0 Å². The number of nitrogens with two attached hydrogens (primary N) is 1. The van der Waals surface area contributed by atoms with E-state index in [1.54, 1.807) is 32.0 Å². The van der Waals surface area contributed by atoms with Crippen LogP contribution in [0.4, 0.5) is 5.69 Å². The Morgan fingerprint density at radius 3 is 2.68 bits per heavy atom. The van der Waals surface area contributed by atoms with Crippen LogP contribution in [0.1, 0.15) is 32.0 Å². The summed E-state index contributed by atoms with van der Waals surface area (Å²) in [6.07, 6.45) is 0.465. The lowest BCUT2D eigenvalue weighted by Crippen LogP contribution is -2.49. The number of rotatable bonds is 1. The van der Waals surface area contributed by atoms with Crippen molar-refractivity contribution < 1.29 is 9.59 Å². The van der Waals surface area contributed by atoms with E-state index < -0.39 is 5.54 Å². The lowest BCUT2D eigenvalue weighted by atomic mass is 9.81. The summed E-state index contributed by atoms with van der Waals surface area (Å²) in [5.74, 6) is 0.124. The second-order valence-corrected chi connectivity index (χ2v) is 5.95. The van der Waals surface area contributed by atoms with Crippen molar-refractivity contribution in [3.05, 3.63) is 34.4 Å². The van der Waals surface area contributed by atoms with Gasteiger partial charge in [-0.2, -0.15) is 0 Å². The first kappa shape index (κ1) is 14.4. The van der Waals surface area contributed by atoms with Crippen LogP contribution in [-0.4, -0.2) is 21.1 Å². The SMILES string of the molecule is Cc1nc2cccc(N)c2c(=O)n1C1(C)CCC(=O)CC1=O. The summed E-state index contributed by atoms with van der Waals surface area (Å²) in [5.41, 5.74) is 5.40. The zero-order valence-electron chi connectivity index (χ0n) is 12.5. The number of aromatic nitrogens is 2. The molecule has 1 heterocycles. The number of carbonyl (C=O) groups is 2. The van der Waals surface area contributed by atoms with Gasteiger partial charge in [0.1, 0.15) is 17.1 Å². The van der Waals surface area contributed by atoms with E-state index in [4.69, 9.17) is 5.73 Å². The minimum absolute atomic E-state index is 0.0820. The van der Waals surface area contributed by atoms with Crippen LogP contribution in [0.25, 0.3) is 10.9 Å². The van der Waals surface area contributed by atoms with Gasteiger partial charge in [0, 0.05) is 12.1 Å². The Kier molecular flexibility index (Phi) is 3.12. The Bertz CT molecular complexity index is 869. The number of hydrogen-bond donors (Lipinski definition) is 1. The van der Waals surface area contributed by atoms with Gasteiger partial charge in [-0.05, 0) is 32.4 Å². The van der Waals surface area contributed by atoms with Gasteiger partial charge in [0.25, 0.3) is 5.56 Å². The average molecular weight is 299 g/mol. The Morgan fingerprint density at radius 2 is 2.00 bits per heavy atom. The van der Waals surface area contributed by atoms with Crippen LogP contribution in [0.15, 0.2) is 23.0 Å². The molecule has 6 nitrogen and oxygen atoms in total. The number of anilines is 1. The fraction of sp³-hybridized carbons (Fsp3) is 0.375. The van der Waals surface area contributed by atoms with E-state index in [1.165, 1.54) is 4.57 Å². The van der Waals surface area contributed by atoms with E-state index in [9.17, 15) is 14.4 Å². The summed E-state index contributed by atoms with van der Waals surface area (Å²) in [5, 5.41) is 0.319. The lowest BCUT2D eigenvalue weighted by Gasteiger charge is -2.34. The maximum atomic E-state index is 12.9. The molecule has 0 bridgehead atoms. The molecule has 1 fully saturated rings. The monoisotopic (exact) mass is 299 g/mol. The molecule has 1 unspecified atom stereocenters. The number of benzene rings is 1. The molecule has 0 spiro atoms. The van der Waals surface area contributed by atoms with Gasteiger partial charge in [-0.3, -0.25) is 19.0 Å². The molecule has 3 rings (SSSR count). The highest BCUT2D eigenvalue weighted by Gasteiger charge is 2.41. The molecule has 0 radical (unpaired) electrons. The zero-order valence-corrected chi connectivity index (χ0v) is 12.5. The van der Waals surface area contributed by atoms with Crippen molar-refractivity contribution >= 4 is 28.2 Å². The normalized spacial score (nSPS) is 22.3. The number of ketones is 2. The molecular weight excluding hydrogens is 282 g/mol. The molecule has 0 aliphatic heterocycles. The first-order chi connectivity index (χ1) is 10.3. The maximum absolute atomic E-state index is 12.9. The first-order valence-corrected chi connectivity index (χ1v) is 7.18. The molecule has 2 aromatic rings. The van der Waals surface area contributed by atoms with Gasteiger partial charge in [-0.25, -0.2) is 4.98 Å². The fourth-order valence-corrected chi connectivity index (χ4v) is 3.16. The number of hydrogen-bond acceptors (Lipinski definition) is 5. The molecule has 2 N–H and O–H groups in total. The van der Waals surface area contributed by atoms with Crippen molar-refractivity contribution in [2.24, 2.45) is 0 Å². The summed E-state index contributed by atoms with van der Waals surface area (Å²) >= 11 is 0. The van der Waals surface area contributed by atoms with Crippen molar-refractivity contribution in [3.8, 4) is 0 Å². The zero-order chi connectivity index (χ0) is 16.1. The minimum Gasteiger partial charge on any atom is -0.398 e. The quantitative estimate of drug-likeness (QED) is 0.633. The van der Waals surface area contributed by atoms with Crippen molar-refractivity contribution in [2.75, 3.05) is 5.73 Å². The third-order valence-electron chi connectivity index (χ3n) is 4.44. The third kappa shape index (κ3) is 1.94. The molecule has 1 saturated carbocycles. The van der Waals surface area contributed by atoms with Gasteiger partial charge in [0.2, 0.25) is 0 Å². The largest absolute Gasteiger partial charge is 0.398 e. The van der Waals surface area contributed by atoms with Gasteiger partial charge in [0.15, 0.2) is 5.78 Å². The van der Waals surface area contributed by atoms with Crippen LogP contribution in [0.2, 0.25) is 0 Å². The molecule has 1 aliphatic carbocycles. The number of nitrogen functional groups attached to an aromatic ring is 1. The van der Waals surface area contributed by atoms with E-state index in [-0.39, 0.29) is 30.0 Å². The number of carbonyl (C=O) groups excluding carboxylic acids is 2. The summed E-state index contributed by atoms with van der Waals surface area (Å²) < 4.78 is 1.40. The molecular formula is C16H17N3O3. The molecule has 1 aromatic heterocycles. The van der Waals surface area contributed by atoms with Crippen LogP contribution in [0.5, 0.6) is 0 Å². The molecule has 0 amide bonds. The van der Waals surface area contributed by atoms with Crippen molar-refractivity contribution in [1.29, 1.82) is 0 Å². The molecule has 114 valence electrons. The number of fused-ring (bicyclic) bond motifs is 1. The average Bonchev–Trinajstić information content (AvgIpc) is 2.43. The molecule has 1 aromatic carbocycles. The van der Waals surface area contributed by atoms with Crippen LogP contribution in [-0.2, 0) is 15.1 Å². The van der Waals surface area contributed by atoms with Gasteiger partial charge in [-0.15, -0.1) is 0 Å². The highest BCUT2D eigenvalue weighted by Crippen LogP contribution is 2.30. The smallest absolute Gasteiger partial charge is 0.264 e. The lowest BCUT2D eigenvalue weighted by molar-refractivity contribution is -0.136. The van der Waals surface area contributed by atoms with Crippen LogP contribution >= 0.6 is 0 Å². The van der Waals surface area contributed by atoms with E-state index in [0.717, 1.165) is 0 Å². The van der Waals surface area contributed by atoms with Crippen molar-refractivity contribution in [1.82, 2.24) is 9.55 Å². The van der Waals surface area contributed by atoms with Crippen LogP contribution < -0.4 is 11.3 Å². The standard InChI is InChI=1S/C16H17N3O3/c1-9-18-12-5-3-4-11(17)14(12)15(22)19(9)16(2)7-6-10(20)8-13(16)21/h3-5H,6-8,17H2,1-2H3. The number of Topliss-reactive ketones (excluding diaryl/α,β-unsaturated/α-hetero) is 2. The molecule has 0 saturated heterocycles. The molecule has 6 heteroatoms. The second kappa shape index (κ2) is 4.76. The van der Waals surface area contributed by atoms with E-state index in [2.05, 4.69) is 4.98 Å². The van der Waals surface area contributed by atoms with E-state index in [1.807, 2.05) is 0 Å². The Balaban J connectivity index is 2.32. The number of nitrogens with zero attached hydrogens (tertiary/aromatic N) is 2. The number of aryl methyl sites for hydroxylation is 1. The Labute approximate surface area is 127 Å². The van der Waals surface area contributed by atoms with E-state index >= 15 is 0 Å². The van der Waals surface area contributed by atoms with Gasteiger partial charge in [-0.1, -0.05) is 6.07 Å². The highest BCUT2D eigenvalue weighted by atomic mass is 16.2. The Hall–Kier alpha value is -2.50. The summed E-state index contributed by atoms with van der Waals surface area (Å²) in [7, 11) is 0. The maximum Gasteiger partial charge on any atom is 0.264 e. The van der Waals surface area contributed by atoms with Crippen LogP contribution in [0, 0.1) is 6.92 Å². The van der Waals surface area contributed by atoms with E-state index in [0.29, 0.717) is 28.8 Å². The fourth-order valence-electron chi connectivity index (χ4n) is 3.16. The van der Waals surface area contributed by atoms with Gasteiger partial charge in [0.05, 0.1) is 17.3 Å². The second-order valence-electron chi connectivity index (χ2n) is 5.95. The summed E-state index contributed by atoms with van der Waals surface area (Å²) in [4.78, 5) is 41.2. The predicted molar refractivity (Wildman–Crippen MR) is 82.7 cm³/mol. The summed E-state index contributed by atoms with van der Waals surface area (Å²) in [6, 6.07) is 5.10. The first-order valence-electron chi connectivity index (χ1n) is 7.18. The molecule has 1 atom stereocenters. The topological polar surface area (TPSA) is 95.0 Å². The van der Waals surface area contributed by atoms with Crippen molar-refractivity contribution in [2.45, 2.75) is 38.6 Å². The molecule has 22 heavy (non-hydrogen) atoms. The molecule has 1 aliphatic rings. The third-order valence-corrected chi connectivity index (χ3v) is 4.44. The van der Waals surface area contributed by atoms with Crippen LogP contribution in [0.3, 0.4) is 0 Å². The predicted octanol–water partition coefficient (Wildman–Crippen LogP) is 1.32. The summed E-state index contributed by atoms with van der Waals surface area (Å²) in [6.45, 7) is 3.39. The van der Waals surface area contributed by atoms with Gasteiger partial charge < -0.3 is 5.73 Å².